The van der Waals surface area contributed by atoms with Crippen LogP contribution in [0, 0.1) is 11.8 Å². The molecule has 4 heteroatoms. The zero-order valence-electron chi connectivity index (χ0n) is 10.8. The molecule has 0 heterocycles. The van der Waals surface area contributed by atoms with Gasteiger partial charge in [0.05, 0.1) is 10.1 Å². The van der Waals surface area contributed by atoms with E-state index in [0.717, 1.165) is 19.3 Å². The number of ketones is 1. The molecule has 2 bridgehead atoms. The molecular formula is C15H18O3S. The summed E-state index contributed by atoms with van der Waals surface area (Å²) in [4.78, 5) is 12.4. The van der Waals surface area contributed by atoms with Gasteiger partial charge in [-0.25, -0.2) is 8.42 Å². The zero-order chi connectivity index (χ0) is 13.5. The van der Waals surface area contributed by atoms with Gasteiger partial charge in [0.25, 0.3) is 0 Å². The molecule has 3 nitrogen and oxygen atoms in total. The molecule has 102 valence electrons. The number of hydrogen-bond donors (Lipinski definition) is 0. The first kappa shape index (κ1) is 12.9. The van der Waals surface area contributed by atoms with Crippen molar-refractivity contribution in [1.29, 1.82) is 0 Å². The molecule has 3 rings (SSSR count). The maximum atomic E-state index is 12.6. The van der Waals surface area contributed by atoms with E-state index < -0.39 is 9.84 Å². The highest BCUT2D eigenvalue weighted by atomic mass is 32.2. The number of carbonyl (C=O) groups is 1. The largest absolute Gasteiger partial charge is 0.299 e. The number of benzene rings is 1. The predicted octanol–water partition coefficient (Wildman–Crippen LogP) is 2.61. The van der Waals surface area contributed by atoms with Crippen LogP contribution >= 0.6 is 0 Å². The summed E-state index contributed by atoms with van der Waals surface area (Å²) in [5, 5.41) is -0.372. The van der Waals surface area contributed by atoms with E-state index in [1.54, 1.807) is 24.3 Å². The fourth-order valence-electron chi connectivity index (χ4n) is 3.48. The van der Waals surface area contributed by atoms with Crippen LogP contribution in [0.15, 0.2) is 35.2 Å². The Balaban J connectivity index is 1.89. The van der Waals surface area contributed by atoms with Gasteiger partial charge in [-0.15, -0.1) is 0 Å². The molecule has 1 aromatic carbocycles. The third-order valence-electron chi connectivity index (χ3n) is 4.52. The smallest absolute Gasteiger partial charge is 0.181 e. The average Bonchev–Trinajstić information content (AvgIpc) is 2.39. The standard InChI is InChI=1S/C15H18O3S/c16-15-11-5-4-6-12(15)10-14(9-11)19(17,18)13-7-2-1-3-8-13/h1-3,7-8,11-12,14H,4-6,9-10H2. The highest BCUT2D eigenvalue weighted by Gasteiger charge is 2.43. The van der Waals surface area contributed by atoms with Crippen molar-refractivity contribution in [3.05, 3.63) is 30.3 Å². The van der Waals surface area contributed by atoms with E-state index in [4.69, 9.17) is 0 Å². The summed E-state index contributed by atoms with van der Waals surface area (Å²) in [6.07, 6.45) is 3.85. The second-order valence-corrected chi connectivity index (χ2v) is 7.91. The van der Waals surface area contributed by atoms with E-state index >= 15 is 0 Å². The maximum absolute atomic E-state index is 12.6. The van der Waals surface area contributed by atoms with E-state index in [2.05, 4.69) is 0 Å². The summed E-state index contributed by atoms with van der Waals surface area (Å²) in [6, 6.07) is 8.63. The molecule has 0 aromatic heterocycles. The van der Waals surface area contributed by atoms with Crippen LogP contribution in [0.5, 0.6) is 0 Å². The third kappa shape index (κ3) is 2.22. The predicted molar refractivity (Wildman–Crippen MR) is 72.5 cm³/mol. The molecule has 2 saturated carbocycles. The quantitative estimate of drug-likeness (QED) is 0.835. The zero-order valence-corrected chi connectivity index (χ0v) is 11.6. The van der Waals surface area contributed by atoms with E-state index in [0.29, 0.717) is 23.5 Å². The molecule has 2 aliphatic rings. The lowest BCUT2D eigenvalue weighted by atomic mass is 9.71. The van der Waals surface area contributed by atoms with Gasteiger partial charge in [-0.2, -0.15) is 0 Å². The molecule has 2 atom stereocenters. The summed E-state index contributed by atoms with van der Waals surface area (Å²) in [5.74, 6) is 0.276. The Morgan fingerprint density at radius 1 is 0.947 bits per heavy atom. The maximum Gasteiger partial charge on any atom is 0.181 e. The summed E-state index contributed by atoms with van der Waals surface area (Å²) in [7, 11) is -3.28. The lowest BCUT2D eigenvalue weighted by molar-refractivity contribution is -0.131. The van der Waals surface area contributed by atoms with E-state index in [1.165, 1.54) is 0 Å². The van der Waals surface area contributed by atoms with Crippen molar-refractivity contribution in [3.8, 4) is 0 Å². The van der Waals surface area contributed by atoms with Gasteiger partial charge >= 0.3 is 0 Å². The van der Waals surface area contributed by atoms with Crippen LogP contribution in [0.2, 0.25) is 0 Å². The summed E-state index contributed by atoms with van der Waals surface area (Å²) < 4.78 is 25.2. The van der Waals surface area contributed by atoms with E-state index in [9.17, 15) is 13.2 Å². The Labute approximate surface area is 113 Å². The highest BCUT2D eigenvalue weighted by Crippen LogP contribution is 2.40. The first-order valence-electron chi connectivity index (χ1n) is 6.91. The summed E-state index contributed by atoms with van der Waals surface area (Å²) >= 11 is 0. The van der Waals surface area contributed by atoms with Crippen molar-refractivity contribution in [1.82, 2.24) is 0 Å². The fourth-order valence-corrected chi connectivity index (χ4v) is 5.38. The van der Waals surface area contributed by atoms with Crippen LogP contribution in [-0.2, 0) is 14.6 Å². The van der Waals surface area contributed by atoms with Gasteiger partial charge < -0.3 is 0 Å². The molecule has 0 saturated heterocycles. The van der Waals surface area contributed by atoms with Crippen LogP contribution in [0.4, 0.5) is 0 Å². The van der Waals surface area contributed by atoms with Crippen molar-refractivity contribution in [3.63, 3.8) is 0 Å². The molecule has 0 amide bonds. The van der Waals surface area contributed by atoms with Gasteiger partial charge in [0, 0.05) is 11.8 Å². The fraction of sp³-hybridized carbons (Fsp3) is 0.533. The molecule has 0 N–H and O–H groups in total. The van der Waals surface area contributed by atoms with Crippen molar-refractivity contribution in [2.75, 3.05) is 0 Å². The highest BCUT2D eigenvalue weighted by molar-refractivity contribution is 7.92. The molecule has 2 fully saturated rings. The van der Waals surface area contributed by atoms with Gasteiger partial charge in [0.2, 0.25) is 0 Å². The molecule has 19 heavy (non-hydrogen) atoms. The lowest BCUT2D eigenvalue weighted by Gasteiger charge is -2.37. The Hall–Kier alpha value is -1.16. The molecule has 1 aromatic rings. The minimum absolute atomic E-state index is 0.0176. The summed E-state index contributed by atoms with van der Waals surface area (Å²) in [6.45, 7) is 0. The van der Waals surface area contributed by atoms with Gasteiger partial charge in [0.15, 0.2) is 9.84 Å². The molecular weight excluding hydrogens is 260 g/mol. The van der Waals surface area contributed by atoms with Crippen molar-refractivity contribution in [2.24, 2.45) is 11.8 Å². The minimum atomic E-state index is -3.28. The van der Waals surface area contributed by atoms with E-state index in [1.807, 2.05) is 6.07 Å². The van der Waals surface area contributed by atoms with Crippen molar-refractivity contribution >= 4 is 15.6 Å². The Bertz CT molecular complexity index is 561. The number of carbonyl (C=O) groups excluding carboxylic acids is 1. The SMILES string of the molecule is O=C1C2CCCC1CC(S(=O)(=O)c1ccccc1)C2. The first-order chi connectivity index (χ1) is 9.09. The van der Waals surface area contributed by atoms with Crippen LogP contribution in [0.3, 0.4) is 0 Å². The van der Waals surface area contributed by atoms with Gasteiger partial charge in [0.1, 0.15) is 5.78 Å². The second-order valence-electron chi connectivity index (χ2n) is 5.68. The van der Waals surface area contributed by atoms with Crippen LogP contribution in [0.25, 0.3) is 0 Å². The Morgan fingerprint density at radius 3 is 2.11 bits per heavy atom. The van der Waals surface area contributed by atoms with Crippen LogP contribution in [0.1, 0.15) is 32.1 Å². The lowest BCUT2D eigenvalue weighted by Crippen LogP contribution is -2.41. The van der Waals surface area contributed by atoms with Crippen molar-refractivity contribution < 1.29 is 13.2 Å². The molecule has 2 unspecified atom stereocenters. The van der Waals surface area contributed by atoms with Crippen LogP contribution in [-0.4, -0.2) is 19.5 Å². The third-order valence-corrected chi connectivity index (χ3v) is 6.71. The average molecular weight is 278 g/mol. The van der Waals surface area contributed by atoms with Gasteiger partial charge in [-0.1, -0.05) is 24.6 Å². The van der Waals surface area contributed by atoms with Crippen molar-refractivity contribution in [2.45, 2.75) is 42.2 Å². The first-order valence-corrected chi connectivity index (χ1v) is 8.46. The van der Waals surface area contributed by atoms with Gasteiger partial charge in [-0.3, -0.25) is 4.79 Å². The number of sulfone groups is 1. The number of fused-ring (bicyclic) bond motifs is 2. The molecule has 0 aliphatic heterocycles. The summed E-state index contributed by atoms with van der Waals surface area (Å²) in [5.41, 5.74) is 0. The molecule has 2 aliphatic carbocycles. The van der Waals surface area contributed by atoms with Gasteiger partial charge in [-0.05, 0) is 37.8 Å². The van der Waals surface area contributed by atoms with Crippen LogP contribution < -0.4 is 0 Å². The molecule has 0 spiro atoms. The topological polar surface area (TPSA) is 51.2 Å². The minimum Gasteiger partial charge on any atom is -0.299 e. The second kappa shape index (κ2) is 4.75. The number of Topliss-reactive ketones (excluding diaryl/α,β-unsaturated/α-hetero) is 1. The molecule has 0 radical (unpaired) electrons. The Morgan fingerprint density at radius 2 is 1.53 bits per heavy atom. The number of rotatable bonds is 2. The Kier molecular flexibility index (Phi) is 3.21. The van der Waals surface area contributed by atoms with E-state index in [-0.39, 0.29) is 17.1 Å². The normalized spacial score (nSPS) is 31.2. The monoisotopic (exact) mass is 278 g/mol. The number of hydrogen-bond acceptors (Lipinski definition) is 3.